The number of thiophene rings is 1. The van der Waals surface area contributed by atoms with Gasteiger partial charge in [0.2, 0.25) is 0 Å². The van der Waals surface area contributed by atoms with E-state index in [0.29, 0.717) is 12.6 Å². The van der Waals surface area contributed by atoms with Gasteiger partial charge in [-0.2, -0.15) is 0 Å². The summed E-state index contributed by atoms with van der Waals surface area (Å²) in [5.41, 5.74) is 0.884. The van der Waals surface area contributed by atoms with Crippen molar-refractivity contribution in [3.8, 4) is 0 Å². The van der Waals surface area contributed by atoms with Crippen molar-refractivity contribution >= 4 is 17.4 Å². The van der Waals surface area contributed by atoms with Gasteiger partial charge in [-0.3, -0.25) is 0 Å². The maximum absolute atomic E-state index is 12.1. The van der Waals surface area contributed by atoms with E-state index in [1.54, 1.807) is 0 Å². The highest BCUT2D eigenvalue weighted by Gasteiger charge is 2.15. The van der Waals surface area contributed by atoms with Crippen molar-refractivity contribution < 1.29 is 9.90 Å². The van der Waals surface area contributed by atoms with Crippen LogP contribution in [-0.2, 0) is 6.54 Å². The van der Waals surface area contributed by atoms with Crippen LogP contribution in [0.4, 0.5) is 4.79 Å². The van der Waals surface area contributed by atoms with Crippen LogP contribution in [0.2, 0.25) is 0 Å². The first-order chi connectivity index (χ1) is 12.2. The summed E-state index contributed by atoms with van der Waals surface area (Å²) in [6.45, 7) is 0.491. The smallest absolute Gasteiger partial charge is 0.315 e. The van der Waals surface area contributed by atoms with E-state index in [1.807, 2.05) is 42.5 Å². The van der Waals surface area contributed by atoms with Crippen LogP contribution in [0, 0.1) is 0 Å². The number of aliphatic hydroxyl groups excluding tert-OH is 1. The van der Waals surface area contributed by atoms with Gasteiger partial charge in [0, 0.05) is 15.8 Å². The molecule has 3 N–H and O–H groups in total. The molecule has 0 aliphatic heterocycles. The highest BCUT2D eigenvalue weighted by atomic mass is 32.1. The molecule has 1 aromatic carbocycles. The second-order valence-electron chi connectivity index (χ2n) is 6.63. The summed E-state index contributed by atoms with van der Waals surface area (Å²) >= 11 is 1.53. The number of carbonyl (C=O) groups excluding carboxylic acids is 1. The Morgan fingerprint density at radius 3 is 2.52 bits per heavy atom. The van der Waals surface area contributed by atoms with E-state index in [-0.39, 0.29) is 6.03 Å². The highest BCUT2D eigenvalue weighted by Crippen LogP contribution is 2.28. The molecular formula is C20H26N2O2S. The molecule has 134 valence electrons. The van der Waals surface area contributed by atoms with Crippen molar-refractivity contribution in [3.05, 3.63) is 57.8 Å². The number of hydrogen-bond donors (Lipinski definition) is 3. The molecule has 0 saturated heterocycles. The zero-order chi connectivity index (χ0) is 17.5. The minimum absolute atomic E-state index is 0.0922. The second-order valence-corrected chi connectivity index (χ2v) is 7.83. The average molecular weight is 359 g/mol. The molecule has 25 heavy (non-hydrogen) atoms. The fourth-order valence-electron chi connectivity index (χ4n) is 3.26. The molecule has 3 rings (SSSR count). The third-order valence-corrected chi connectivity index (χ3v) is 5.82. The van der Waals surface area contributed by atoms with Gasteiger partial charge in [-0.15, -0.1) is 11.3 Å². The van der Waals surface area contributed by atoms with Crippen LogP contribution in [0.25, 0.3) is 0 Å². The lowest BCUT2D eigenvalue weighted by atomic mass is 10.1. The minimum atomic E-state index is -0.611. The van der Waals surface area contributed by atoms with Gasteiger partial charge in [0.15, 0.2) is 0 Å². The van der Waals surface area contributed by atoms with Gasteiger partial charge in [0.1, 0.15) is 6.10 Å². The first-order valence-corrected chi connectivity index (χ1v) is 9.90. The van der Waals surface area contributed by atoms with Crippen LogP contribution in [-0.4, -0.2) is 17.2 Å². The number of aliphatic hydroxyl groups is 1. The van der Waals surface area contributed by atoms with Crippen LogP contribution in [0.15, 0.2) is 42.5 Å². The van der Waals surface area contributed by atoms with Crippen LogP contribution in [0.1, 0.15) is 59.9 Å². The maximum atomic E-state index is 12.1. The summed E-state index contributed by atoms with van der Waals surface area (Å²) in [5.74, 6) is 0. The topological polar surface area (TPSA) is 61.4 Å². The maximum Gasteiger partial charge on any atom is 0.315 e. The Morgan fingerprint density at radius 1 is 1.08 bits per heavy atom. The van der Waals surface area contributed by atoms with Crippen LogP contribution in [0.5, 0.6) is 0 Å². The molecule has 1 saturated carbocycles. The molecule has 4 nitrogen and oxygen atoms in total. The number of hydrogen-bond acceptors (Lipinski definition) is 3. The molecule has 1 fully saturated rings. The molecule has 1 aliphatic rings. The molecule has 1 aliphatic carbocycles. The number of carbonyl (C=O) groups is 1. The molecule has 1 aromatic heterocycles. The number of benzene rings is 1. The normalized spacial score (nSPS) is 16.8. The zero-order valence-corrected chi connectivity index (χ0v) is 15.2. The summed E-state index contributed by atoms with van der Waals surface area (Å²) < 4.78 is 0. The first-order valence-electron chi connectivity index (χ1n) is 9.08. The molecular weight excluding hydrogens is 332 g/mol. The van der Waals surface area contributed by atoms with E-state index < -0.39 is 6.10 Å². The second kappa shape index (κ2) is 9.02. The van der Waals surface area contributed by atoms with Gasteiger partial charge in [-0.05, 0) is 30.5 Å². The fourth-order valence-corrected chi connectivity index (χ4v) is 4.23. The fraction of sp³-hybridized carbons (Fsp3) is 0.450. The number of amides is 2. The molecule has 1 unspecified atom stereocenters. The van der Waals surface area contributed by atoms with Crippen molar-refractivity contribution in [2.45, 2.75) is 57.2 Å². The predicted octanol–water partition coefficient (Wildman–Crippen LogP) is 4.35. The largest absolute Gasteiger partial charge is 0.383 e. The van der Waals surface area contributed by atoms with E-state index in [1.165, 1.54) is 37.0 Å². The lowest BCUT2D eigenvalue weighted by Gasteiger charge is -2.16. The summed E-state index contributed by atoms with van der Waals surface area (Å²) in [5, 5.41) is 16.5. The van der Waals surface area contributed by atoms with E-state index >= 15 is 0 Å². The van der Waals surface area contributed by atoms with Crippen molar-refractivity contribution in [2.75, 3.05) is 0 Å². The quantitative estimate of drug-likeness (QED) is 0.696. The monoisotopic (exact) mass is 358 g/mol. The van der Waals surface area contributed by atoms with E-state index in [0.717, 1.165) is 28.2 Å². The lowest BCUT2D eigenvalue weighted by Crippen LogP contribution is -2.41. The zero-order valence-electron chi connectivity index (χ0n) is 14.4. The molecule has 2 amide bonds. The van der Waals surface area contributed by atoms with E-state index in [4.69, 9.17) is 0 Å². The summed E-state index contributed by atoms with van der Waals surface area (Å²) in [6, 6.07) is 13.7. The number of nitrogens with one attached hydrogen (secondary N) is 2. The summed E-state index contributed by atoms with van der Waals surface area (Å²) in [7, 11) is 0. The molecule has 0 bridgehead atoms. The van der Waals surface area contributed by atoms with Gasteiger partial charge in [-0.25, -0.2) is 4.79 Å². The summed E-state index contributed by atoms with van der Waals surface area (Å²) in [6.07, 6.45) is 6.52. The Bertz CT molecular complexity index is 663. The highest BCUT2D eigenvalue weighted by molar-refractivity contribution is 7.12. The van der Waals surface area contributed by atoms with Crippen molar-refractivity contribution in [1.82, 2.24) is 10.6 Å². The molecule has 0 spiro atoms. The Labute approximate surface area is 153 Å². The molecule has 0 radical (unpaired) electrons. The van der Waals surface area contributed by atoms with E-state index in [2.05, 4.69) is 10.6 Å². The van der Waals surface area contributed by atoms with Crippen molar-refractivity contribution in [1.29, 1.82) is 0 Å². The lowest BCUT2D eigenvalue weighted by molar-refractivity contribution is 0.224. The standard InChI is InChI=1S/C20H26N2O2S/c23-19(15-8-4-3-5-9-15)18-13-12-17(25-18)14-21-20(24)22-16-10-6-1-2-7-11-16/h3-5,8-9,12-13,16,19,23H,1-2,6-7,10-11,14H2,(H2,21,22,24). The molecule has 1 heterocycles. The molecule has 1 atom stereocenters. The predicted molar refractivity (Wildman–Crippen MR) is 102 cm³/mol. The third kappa shape index (κ3) is 5.31. The van der Waals surface area contributed by atoms with Gasteiger partial charge >= 0.3 is 6.03 Å². The Morgan fingerprint density at radius 2 is 1.80 bits per heavy atom. The average Bonchev–Trinajstić information content (AvgIpc) is 2.97. The SMILES string of the molecule is O=C(NCc1ccc(C(O)c2ccccc2)s1)NC1CCCCCC1. The van der Waals surface area contributed by atoms with Gasteiger partial charge in [0.25, 0.3) is 0 Å². The molecule has 2 aromatic rings. The first kappa shape index (κ1) is 18.0. The Balaban J connectivity index is 1.49. The number of urea groups is 1. The molecule has 5 heteroatoms. The van der Waals surface area contributed by atoms with Crippen molar-refractivity contribution in [2.24, 2.45) is 0 Å². The number of rotatable bonds is 5. The van der Waals surface area contributed by atoms with Crippen molar-refractivity contribution in [3.63, 3.8) is 0 Å². The summed E-state index contributed by atoms with van der Waals surface area (Å²) in [4.78, 5) is 14.0. The van der Waals surface area contributed by atoms with Crippen LogP contribution >= 0.6 is 11.3 Å². The van der Waals surface area contributed by atoms with Gasteiger partial charge in [-0.1, -0.05) is 56.0 Å². The van der Waals surface area contributed by atoms with Gasteiger partial charge < -0.3 is 15.7 Å². The van der Waals surface area contributed by atoms with Crippen LogP contribution < -0.4 is 10.6 Å². The van der Waals surface area contributed by atoms with Gasteiger partial charge in [0.05, 0.1) is 6.54 Å². The van der Waals surface area contributed by atoms with E-state index in [9.17, 15) is 9.90 Å². The van der Waals surface area contributed by atoms with Crippen LogP contribution in [0.3, 0.4) is 0 Å². The minimum Gasteiger partial charge on any atom is -0.383 e. The Kier molecular flexibility index (Phi) is 6.48. The Hall–Kier alpha value is -1.85. The third-order valence-electron chi connectivity index (χ3n) is 4.68.